The highest BCUT2D eigenvalue weighted by Gasteiger charge is 2.45. The smallest absolute Gasteiger partial charge is 0.254 e. The fourth-order valence-electron chi connectivity index (χ4n) is 5.23. The van der Waals surface area contributed by atoms with Gasteiger partial charge in [0.15, 0.2) is 0 Å². The summed E-state index contributed by atoms with van der Waals surface area (Å²) >= 11 is 12.8. The number of carbonyl (C=O) groups excluding carboxylic acids is 1. The molecule has 1 saturated carbocycles. The molecule has 34 heavy (non-hydrogen) atoms. The summed E-state index contributed by atoms with van der Waals surface area (Å²) in [5, 5.41) is 4.16. The van der Waals surface area contributed by atoms with Crippen molar-refractivity contribution in [1.82, 2.24) is 9.62 Å². The molecule has 0 aromatic heterocycles. The van der Waals surface area contributed by atoms with Crippen molar-refractivity contribution >= 4 is 39.1 Å². The number of azide groups is 1. The van der Waals surface area contributed by atoms with Gasteiger partial charge >= 0.3 is 0 Å². The molecule has 2 aromatic rings. The third-order valence-electron chi connectivity index (χ3n) is 6.68. The lowest BCUT2D eigenvalue weighted by Gasteiger charge is -2.49. The maximum absolute atomic E-state index is 13.9. The number of sulfonamides is 1. The topological polar surface area (TPSA) is 115 Å². The summed E-state index contributed by atoms with van der Waals surface area (Å²) in [6.45, 7) is 2.05. The molecule has 2 aromatic carbocycles. The Morgan fingerprint density at radius 2 is 1.88 bits per heavy atom. The molecule has 1 N–H and O–H groups in total. The summed E-state index contributed by atoms with van der Waals surface area (Å²) < 4.78 is 27.8. The van der Waals surface area contributed by atoms with Crippen LogP contribution in [0.25, 0.3) is 10.4 Å². The third-order valence-corrected chi connectivity index (χ3v) is 8.36. The number of nitrogens with zero attached hydrogens (tertiary/aromatic N) is 4. The van der Waals surface area contributed by atoms with Gasteiger partial charge in [0, 0.05) is 38.5 Å². The molecule has 4 atom stereocenters. The Kier molecular flexibility index (Phi) is 7.40. The summed E-state index contributed by atoms with van der Waals surface area (Å²) in [6, 6.07) is 11.4. The molecule has 0 unspecified atom stereocenters. The average Bonchev–Trinajstić information content (AvgIpc) is 2.81. The number of benzene rings is 2. The summed E-state index contributed by atoms with van der Waals surface area (Å²) in [6.07, 6.45) is 2.89. The molecule has 1 aliphatic heterocycles. The first-order valence-corrected chi connectivity index (χ1v) is 13.5. The van der Waals surface area contributed by atoms with E-state index in [1.165, 1.54) is 0 Å². The normalized spacial score (nSPS) is 24.9. The SMILES string of the molecule is C[C@@H]1c2ccccc2C(=O)N([C@H]2CCCC[C@@H]2NS(=O)(=O)CN=[N+]=[N-])[C@H]1c1ccc(Cl)cc1Cl. The molecule has 180 valence electrons. The molecular weight excluding hydrogens is 497 g/mol. The lowest BCUT2D eigenvalue weighted by Crippen LogP contribution is -2.58. The van der Waals surface area contributed by atoms with Gasteiger partial charge in [0.25, 0.3) is 5.91 Å². The molecule has 0 saturated heterocycles. The molecule has 11 heteroatoms. The van der Waals surface area contributed by atoms with Gasteiger partial charge in [0.2, 0.25) is 10.0 Å². The summed E-state index contributed by atoms with van der Waals surface area (Å²) in [7, 11) is -3.85. The predicted molar refractivity (Wildman–Crippen MR) is 132 cm³/mol. The maximum Gasteiger partial charge on any atom is 0.254 e. The molecule has 0 bridgehead atoms. The predicted octanol–water partition coefficient (Wildman–Crippen LogP) is 5.79. The Morgan fingerprint density at radius 3 is 2.62 bits per heavy atom. The van der Waals surface area contributed by atoms with E-state index in [4.69, 9.17) is 28.7 Å². The quantitative estimate of drug-likeness (QED) is 0.294. The van der Waals surface area contributed by atoms with E-state index < -0.39 is 34.0 Å². The lowest BCUT2D eigenvalue weighted by molar-refractivity contribution is 0.0374. The molecule has 2 aliphatic rings. The summed E-state index contributed by atoms with van der Waals surface area (Å²) in [5.74, 6) is -0.933. The van der Waals surface area contributed by atoms with Gasteiger partial charge in [-0.25, -0.2) is 13.1 Å². The number of carbonyl (C=O) groups is 1. The van der Waals surface area contributed by atoms with E-state index in [0.29, 0.717) is 28.5 Å². The molecule has 0 spiro atoms. The van der Waals surface area contributed by atoms with Crippen LogP contribution in [-0.2, 0) is 10.0 Å². The zero-order chi connectivity index (χ0) is 24.5. The fraction of sp³-hybridized carbons (Fsp3) is 0.435. The van der Waals surface area contributed by atoms with Crippen LogP contribution in [-0.4, -0.2) is 37.2 Å². The first-order chi connectivity index (χ1) is 16.2. The van der Waals surface area contributed by atoms with Crippen LogP contribution in [0.3, 0.4) is 0 Å². The van der Waals surface area contributed by atoms with E-state index in [9.17, 15) is 13.2 Å². The number of halogens is 2. The van der Waals surface area contributed by atoms with Gasteiger partial charge in [-0.1, -0.05) is 72.3 Å². The lowest BCUT2D eigenvalue weighted by atomic mass is 9.78. The van der Waals surface area contributed by atoms with Crippen molar-refractivity contribution in [3.63, 3.8) is 0 Å². The third kappa shape index (κ3) is 4.90. The van der Waals surface area contributed by atoms with Crippen molar-refractivity contribution < 1.29 is 13.2 Å². The van der Waals surface area contributed by atoms with Crippen LogP contribution < -0.4 is 4.72 Å². The van der Waals surface area contributed by atoms with Gasteiger partial charge in [-0.2, -0.15) is 0 Å². The number of fused-ring (bicyclic) bond motifs is 1. The standard InChI is InChI=1S/C23H25Cl2N5O3S/c1-14-16-6-2-3-7-17(16)23(31)30(22(14)18-11-10-15(24)12-19(18)25)21-9-5-4-8-20(21)28-34(32,33)13-27-29-26/h2-3,6-7,10-12,14,20-22,28H,4-5,8-9,13H2,1H3/t14-,20+,21+,22-/m1/s1. The van der Waals surface area contributed by atoms with Crippen LogP contribution in [0.2, 0.25) is 10.0 Å². The molecule has 0 radical (unpaired) electrons. The van der Waals surface area contributed by atoms with Gasteiger partial charge in [0.05, 0.1) is 6.04 Å². The molecule has 1 fully saturated rings. The summed E-state index contributed by atoms with van der Waals surface area (Å²) in [5.41, 5.74) is 10.8. The second-order valence-corrected chi connectivity index (χ2v) is 11.3. The van der Waals surface area contributed by atoms with Gasteiger partial charge in [-0.05, 0) is 47.7 Å². The van der Waals surface area contributed by atoms with Gasteiger partial charge < -0.3 is 4.90 Å². The van der Waals surface area contributed by atoms with Crippen molar-refractivity contribution in [3.05, 3.63) is 79.6 Å². The molecule has 1 amide bonds. The number of rotatable bonds is 6. The molecule has 1 heterocycles. The van der Waals surface area contributed by atoms with E-state index in [1.54, 1.807) is 12.1 Å². The monoisotopic (exact) mass is 521 g/mol. The minimum atomic E-state index is -3.85. The minimum absolute atomic E-state index is 0.0880. The highest BCUT2D eigenvalue weighted by molar-refractivity contribution is 7.89. The highest BCUT2D eigenvalue weighted by atomic mass is 35.5. The van der Waals surface area contributed by atoms with Crippen LogP contribution in [0, 0.1) is 0 Å². The highest BCUT2D eigenvalue weighted by Crippen LogP contribution is 2.47. The first-order valence-electron chi connectivity index (χ1n) is 11.1. The van der Waals surface area contributed by atoms with Crippen LogP contribution in [0.15, 0.2) is 47.6 Å². The van der Waals surface area contributed by atoms with Crippen molar-refractivity contribution in [3.8, 4) is 0 Å². The second-order valence-electron chi connectivity index (χ2n) is 8.75. The molecule has 8 nitrogen and oxygen atoms in total. The maximum atomic E-state index is 13.9. The van der Waals surface area contributed by atoms with E-state index in [-0.39, 0.29) is 11.8 Å². The second kappa shape index (κ2) is 10.1. The van der Waals surface area contributed by atoms with Crippen LogP contribution in [0.5, 0.6) is 0 Å². The zero-order valence-electron chi connectivity index (χ0n) is 18.6. The fourth-order valence-corrected chi connectivity index (χ4v) is 6.77. The summed E-state index contributed by atoms with van der Waals surface area (Å²) in [4.78, 5) is 18.3. The molecular formula is C23H25Cl2N5O3S. The molecule has 4 rings (SSSR count). The van der Waals surface area contributed by atoms with E-state index in [0.717, 1.165) is 24.0 Å². The Balaban J connectivity index is 1.81. The van der Waals surface area contributed by atoms with E-state index in [2.05, 4.69) is 21.7 Å². The van der Waals surface area contributed by atoms with Crippen LogP contribution in [0.4, 0.5) is 0 Å². The van der Waals surface area contributed by atoms with Crippen molar-refractivity contribution in [2.75, 3.05) is 5.88 Å². The zero-order valence-corrected chi connectivity index (χ0v) is 20.9. The van der Waals surface area contributed by atoms with E-state index in [1.807, 2.05) is 35.2 Å². The van der Waals surface area contributed by atoms with Gasteiger partial charge in [-0.15, -0.1) is 0 Å². The minimum Gasteiger partial charge on any atom is -0.326 e. The Hall–Kier alpha value is -2.29. The number of amides is 1. The first kappa shape index (κ1) is 24.8. The number of hydrogen-bond acceptors (Lipinski definition) is 4. The van der Waals surface area contributed by atoms with Crippen molar-refractivity contribution in [2.24, 2.45) is 5.11 Å². The van der Waals surface area contributed by atoms with Gasteiger partial charge in [0.1, 0.15) is 5.88 Å². The Morgan fingerprint density at radius 1 is 1.15 bits per heavy atom. The van der Waals surface area contributed by atoms with Crippen molar-refractivity contribution in [1.29, 1.82) is 0 Å². The number of hydrogen-bond donors (Lipinski definition) is 1. The average molecular weight is 522 g/mol. The largest absolute Gasteiger partial charge is 0.326 e. The number of nitrogens with one attached hydrogen (secondary N) is 1. The molecule has 1 aliphatic carbocycles. The Labute approximate surface area is 208 Å². The van der Waals surface area contributed by atoms with Gasteiger partial charge in [-0.3, -0.25) is 4.79 Å². The van der Waals surface area contributed by atoms with E-state index >= 15 is 0 Å². The van der Waals surface area contributed by atoms with Crippen molar-refractivity contribution in [2.45, 2.75) is 56.7 Å². The van der Waals surface area contributed by atoms with Crippen LogP contribution >= 0.6 is 23.2 Å². The van der Waals surface area contributed by atoms with Crippen LogP contribution in [0.1, 0.15) is 66.1 Å². The Bertz CT molecular complexity index is 1250.